The summed E-state index contributed by atoms with van der Waals surface area (Å²) in [7, 11) is 3.57. The maximum absolute atomic E-state index is 5.71. The summed E-state index contributed by atoms with van der Waals surface area (Å²) >= 11 is 0. The number of halogens is 1. The topological polar surface area (TPSA) is 67.4 Å². The maximum atomic E-state index is 5.71. The number of hydrogen-bond acceptors (Lipinski definition) is 5. The Morgan fingerprint density at radius 3 is 2.40 bits per heavy atom. The van der Waals surface area contributed by atoms with Gasteiger partial charge in [-0.05, 0) is 50.8 Å². The molecule has 1 fully saturated rings. The molecule has 0 amide bonds. The molecule has 2 rings (SSSR count). The van der Waals surface area contributed by atoms with Crippen LogP contribution >= 0.6 is 24.0 Å². The summed E-state index contributed by atoms with van der Waals surface area (Å²) in [6, 6.07) is 6.88. The van der Waals surface area contributed by atoms with E-state index in [2.05, 4.69) is 32.7 Å². The van der Waals surface area contributed by atoms with Gasteiger partial charge in [-0.2, -0.15) is 0 Å². The van der Waals surface area contributed by atoms with E-state index in [9.17, 15) is 0 Å². The van der Waals surface area contributed by atoms with E-state index in [1.54, 1.807) is 7.11 Å². The van der Waals surface area contributed by atoms with Crippen LogP contribution < -0.4 is 20.1 Å². The molecule has 1 aliphatic carbocycles. The lowest BCUT2D eigenvalue weighted by molar-refractivity contribution is 0.144. The van der Waals surface area contributed by atoms with Gasteiger partial charge in [0.2, 0.25) is 0 Å². The first-order valence-corrected chi connectivity index (χ1v) is 10.8. The van der Waals surface area contributed by atoms with Crippen LogP contribution in [0.1, 0.15) is 32.3 Å². The molecule has 0 unspecified atom stereocenters. The van der Waals surface area contributed by atoms with Crippen LogP contribution in [0, 0.1) is 0 Å². The SMILES string of the molecule is CCOc1ccc(CCNC(=NC)NCCN(CCOC)C2CC2)cc1OCC.I. The summed E-state index contributed by atoms with van der Waals surface area (Å²) in [5.41, 5.74) is 1.21. The summed E-state index contributed by atoms with van der Waals surface area (Å²) in [6.45, 7) is 9.68. The number of rotatable bonds is 14. The number of aliphatic imine (C=N–C) groups is 1. The van der Waals surface area contributed by atoms with Crippen molar-refractivity contribution in [2.45, 2.75) is 39.2 Å². The molecular weight excluding hydrogens is 495 g/mol. The molecule has 7 nitrogen and oxygen atoms in total. The number of ether oxygens (including phenoxy) is 3. The summed E-state index contributed by atoms with van der Waals surface area (Å²) < 4.78 is 16.6. The summed E-state index contributed by atoms with van der Waals surface area (Å²) in [6.07, 6.45) is 3.50. The molecule has 2 N–H and O–H groups in total. The van der Waals surface area contributed by atoms with Gasteiger partial charge in [0.25, 0.3) is 0 Å². The quantitative estimate of drug-likeness (QED) is 0.218. The molecular formula is C22H39IN4O3. The van der Waals surface area contributed by atoms with E-state index in [0.717, 1.165) is 62.7 Å². The first kappa shape index (κ1) is 26.8. The molecule has 0 spiro atoms. The average molecular weight is 534 g/mol. The van der Waals surface area contributed by atoms with E-state index in [0.29, 0.717) is 13.2 Å². The lowest BCUT2D eigenvalue weighted by atomic mass is 10.1. The van der Waals surface area contributed by atoms with Gasteiger partial charge in [-0.25, -0.2) is 0 Å². The zero-order valence-corrected chi connectivity index (χ0v) is 21.2. The number of hydrogen-bond donors (Lipinski definition) is 2. The highest BCUT2D eigenvalue weighted by Crippen LogP contribution is 2.28. The fourth-order valence-electron chi connectivity index (χ4n) is 3.24. The van der Waals surface area contributed by atoms with Gasteiger partial charge in [0.05, 0.1) is 19.8 Å². The van der Waals surface area contributed by atoms with Crippen LogP contribution in [0.15, 0.2) is 23.2 Å². The monoisotopic (exact) mass is 534 g/mol. The molecule has 30 heavy (non-hydrogen) atoms. The molecule has 0 aromatic heterocycles. The third-order valence-corrected chi connectivity index (χ3v) is 4.87. The van der Waals surface area contributed by atoms with Crippen molar-refractivity contribution >= 4 is 29.9 Å². The third kappa shape index (κ3) is 9.70. The minimum Gasteiger partial charge on any atom is -0.490 e. The molecule has 0 aliphatic heterocycles. The molecule has 0 heterocycles. The Hall–Kier alpha value is -1.26. The number of nitrogens with zero attached hydrogens (tertiary/aromatic N) is 2. The van der Waals surface area contributed by atoms with Gasteiger partial charge in [0, 0.05) is 46.4 Å². The zero-order valence-electron chi connectivity index (χ0n) is 18.9. The summed E-state index contributed by atoms with van der Waals surface area (Å²) in [5.74, 6) is 2.45. The lowest BCUT2D eigenvalue weighted by Gasteiger charge is -2.22. The third-order valence-electron chi connectivity index (χ3n) is 4.87. The van der Waals surface area contributed by atoms with E-state index in [1.165, 1.54) is 18.4 Å². The highest BCUT2D eigenvalue weighted by Gasteiger charge is 2.28. The second kappa shape index (κ2) is 15.5. The van der Waals surface area contributed by atoms with Gasteiger partial charge in [-0.15, -0.1) is 24.0 Å². The summed E-state index contributed by atoms with van der Waals surface area (Å²) in [4.78, 5) is 6.83. The number of methoxy groups -OCH3 is 1. The Bertz CT molecular complexity index is 626. The first-order chi connectivity index (χ1) is 14.2. The Morgan fingerprint density at radius 2 is 1.77 bits per heavy atom. The van der Waals surface area contributed by atoms with Crippen molar-refractivity contribution in [1.29, 1.82) is 0 Å². The molecule has 172 valence electrons. The van der Waals surface area contributed by atoms with Crippen molar-refractivity contribution in [1.82, 2.24) is 15.5 Å². The second-order valence-corrected chi connectivity index (χ2v) is 7.08. The predicted molar refractivity (Wildman–Crippen MR) is 134 cm³/mol. The van der Waals surface area contributed by atoms with Crippen molar-refractivity contribution in [3.8, 4) is 11.5 Å². The minimum atomic E-state index is 0. The minimum absolute atomic E-state index is 0. The average Bonchev–Trinajstić information content (AvgIpc) is 3.56. The van der Waals surface area contributed by atoms with Crippen molar-refractivity contribution < 1.29 is 14.2 Å². The molecule has 0 bridgehead atoms. The summed E-state index contributed by atoms with van der Waals surface area (Å²) in [5, 5.41) is 6.81. The van der Waals surface area contributed by atoms with E-state index < -0.39 is 0 Å². The van der Waals surface area contributed by atoms with Crippen LogP contribution in [0.5, 0.6) is 11.5 Å². The molecule has 0 saturated heterocycles. The van der Waals surface area contributed by atoms with Crippen LogP contribution in [0.4, 0.5) is 0 Å². The van der Waals surface area contributed by atoms with Gasteiger partial charge in [0.15, 0.2) is 17.5 Å². The van der Waals surface area contributed by atoms with E-state index in [-0.39, 0.29) is 24.0 Å². The first-order valence-electron chi connectivity index (χ1n) is 10.8. The zero-order chi connectivity index (χ0) is 20.9. The van der Waals surface area contributed by atoms with E-state index >= 15 is 0 Å². The van der Waals surface area contributed by atoms with Crippen molar-refractivity contribution in [2.75, 3.05) is 60.2 Å². The Balaban J connectivity index is 0.00000450. The van der Waals surface area contributed by atoms with Gasteiger partial charge in [-0.3, -0.25) is 9.89 Å². The van der Waals surface area contributed by atoms with Crippen LogP contribution in [0.3, 0.4) is 0 Å². The van der Waals surface area contributed by atoms with Gasteiger partial charge >= 0.3 is 0 Å². The van der Waals surface area contributed by atoms with E-state index in [1.807, 2.05) is 27.0 Å². The lowest BCUT2D eigenvalue weighted by Crippen LogP contribution is -2.43. The second-order valence-electron chi connectivity index (χ2n) is 7.08. The van der Waals surface area contributed by atoms with E-state index in [4.69, 9.17) is 14.2 Å². The molecule has 1 aromatic rings. The number of guanidine groups is 1. The van der Waals surface area contributed by atoms with Crippen molar-refractivity contribution in [3.05, 3.63) is 23.8 Å². The van der Waals surface area contributed by atoms with Crippen LogP contribution in [0.25, 0.3) is 0 Å². The molecule has 1 aliphatic rings. The molecule has 0 radical (unpaired) electrons. The maximum Gasteiger partial charge on any atom is 0.191 e. The Morgan fingerprint density at radius 1 is 1.07 bits per heavy atom. The van der Waals surface area contributed by atoms with Gasteiger partial charge in [0.1, 0.15) is 0 Å². The normalized spacial score (nSPS) is 13.7. The smallest absolute Gasteiger partial charge is 0.191 e. The fourth-order valence-corrected chi connectivity index (χ4v) is 3.24. The Kier molecular flexibility index (Phi) is 13.9. The molecule has 1 saturated carbocycles. The highest BCUT2D eigenvalue weighted by molar-refractivity contribution is 14.0. The van der Waals surface area contributed by atoms with Crippen LogP contribution in [0.2, 0.25) is 0 Å². The van der Waals surface area contributed by atoms with Crippen molar-refractivity contribution in [2.24, 2.45) is 4.99 Å². The standard InChI is InChI=1S/C22H38N4O3.HI/c1-5-28-20-10-7-18(17-21(20)29-6-2)11-12-24-22(23-3)25-13-14-26(15-16-27-4)19-8-9-19;/h7,10,17,19H,5-6,8-9,11-16H2,1-4H3,(H2,23,24,25);1H. The Labute approximate surface area is 199 Å². The number of benzene rings is 1. The predicted octanol–water partition coefficient (Wildman–Crippen LogP) is 2.92. The van der Waals surface area contributed by atoms with Gasteiger partial charge in [-0.1, -0.05) is 6.07 Å². The fraction of sp³-hybridized carbons (Fsp3) is 0.682. The highest BCUT2D eigenvalue weighted by atomic mass is 127. The largest absolute Gasteiger partial charge is 0.490 e. The molecule has 1 aromatic carbocycles. The molecule has 0 atom stereocenters. The molecule has 8 heteroatoms. The van der Waals surface area contributed by atoms with Crippen molar-refractivity contribution in [3.63, 3.8) is 0 Å². The van der Waals surface area contributed by atoms with Gasteiger partial charge < -0.3 is 24.8 Å². The van der Waals surface area contributed by atoms with Crippen LogP contribution in [-0.4, -0.2) is 77.1 Å². The number of nitrogens with one attached hydrogen (secondary N) is 2. The van der Waals surface area contributed by atoms with Crippen LogP contribution in [-0.2, 0) is 11.2 Å².